The van der Waals surface area contributed by atoms with Crippen LogP contribution in [0.3, 0.4) is 0 Å². The van der Waals surface area contributed by atoms with Gasteiger partial charge in [-0.25, -0.2) is 0 Å². The third kappa shape index (κ3) is 3.35. The summed E-state index contributed by atoms with van der Waals surface area (Å²) in [6, 6.07) is 8.82. The third-order valence-corrected chi connectivity index (χ3v) is 4.52. The first-order valence-corrected chi connectivity index (χ1v) is 7.86. The number of hydrogen-bond donors (Lipinski definition) is 0. The molecule has 112 valence electrons. The molecule has 0 bridgehead atoms. The lowest BCUT2D eigenvalue weighted by Crippen LogP contribution is -2.39. The quantitative estimate of drug-likeness (QED) is 0.836. The van der Waals surface area contributed by atoms with Crippen LogP contribution >= 0.6 is 0 Å². The number of benzene rings is 1. The number of hydrogen-bond acceptors (Lipinski definition) is 2. The number of likely N-dealkylation sites (tertiary alicyclic amines) is 1. The molecular formula is C18H23NO2. The van der Waals surface area contributed by atoms with Gasteiger partial charge < -0.3 is 9.64 Å². The Balaban J connectivity index is 1.58. The van der Waals surface area contributed by atoms with E-state index >= 15 is 0 Å². The highest BCUT2D eigenvalue weighted by atomic mass is 16.5. The zero-order chi connectivity index (χ0) is 14.7. The van der Waals surface area contributed by atoms with Crippen LogP contribution in [-0.4, -0.2) is 37.1 Å². The Bertz CT molecular complexity index is 525. The lowest BCUT2D eigenvalue weighted by atomic mass is 9.89. The maximum absolute atomic E-state index is 12.4. The van der Waals surface area contributed by atoms with E-state index in [9.17, 15) is 4.79 Å². The van der Waals surface area contributed by atoms with Gasteiger partial charge in [-0.2, -0.15) is 0 Å². The van der Waals surface area contributed by atoms with Gasteiger partial charge >= 0.3 is 0 Å². The van der Waals surface area contributed by atoms with Crippen LogP contribution in [0.4, 0.5) is 0 Å². The smallest absolute Gasteiger partial charge is 0.251 e. The number of rotatable bonds is 2. The Labute approximate surface area is 126 Å². The molecule has 1 amide bonds. The number of carbonyl (C=O) groups excluding carboxylic acids is 1. The number of nitrogens with zero attached hydrogens (tertiary/aromatic N) is 1. The molecule has 1 fully saturated rings. The number of amides is 1. The summed E-state index contributed by atoms with van der Waals surface area (Å²) in [6.07, 6.45) is 5.02. The Morgan fingerprint density at radius 3 is 2.52 bits per heavy atom. The van der Waals surface area contributed by atoms with Gasteiger partial charge in [-0.3, -0.25) is 4.79 Å². The topological polar surface area (TPSA) is 29.5 Å². The van der Waals surface area contributed by atoms with E-state index in [4.69, 9.17) is 4.74 Å². The van der Waals surface area contributed by atoms with Crippen molar-refractivity contribution in [1.29, 1.82) is 0 Å². The van der Waals surface area contributed by atoms with Gasteiger partial charge in [0.1, 0.15) is 0 Å². The van der Waals surface area contributed by atoms with E-state index < -0.39 is 0 Å². The highest BCUT2D eigenvalue weighted by Gasteiger charge is 2.26. The van der Waals surface area contributed by atoms with Crippen molar-refractivity contribution in [3.63, 3.8) is 0 Å². The molecule has 0 aromatic heterocycles. The zero-order valence-electron chi connectivity index (χ0n) is 12.7. The first-order chi connectivity index (χ1) is 10.2. The van der Waals surface area contributed by atoms with Crippen molar-refractivity contribution < 1.29 is 9.53 Å². The molecule has 0 radical (unpaired) electrons. The lowest BCUT2D eigenvalue weighted by Gasteiger charge is -2.33. The number of ether oxygens (including phenoxy) is 1. The molecule has 2 aliphatic heterocycles. The van der Waals surface area contributed by atoms with E-state index in [0.29, 0.717) is 12.5 Å². The van der Waals surface area contributed by atoms with Gasteiger partial charge in [-0.05, 0) is 37.7 Å². The van der Waals surface area contributed by atoms with Gasteiger partial charge in [0.2, 0.25) is 0 Å². The van der Waals surface area contributed by atoms with Crippen LogP contribution in [0.5, 0.6) is 0 Å². The molecule has 0 atom stereocenters. The molecule has 3 nitrogen and oxygen atoms in total. The molecule has 0 N–H and O–H groups in total. The fourth-order valence-electron chi connectivity index (χ4n) is 3.16. The molecule has 1 saturated heterocycles. The SMILES string of the molecule is Cc1ccc(C2CCN(C(=O)C3=CCCOC3)CC2)cc1. The number of aryl methyl sites for hydroxylation is 1. The normalized spacial score (nSPS) is 20.2. The molecule has 2 aliphatic rings. The van der Waals surface area contributed by atoms with Crippen molar-refractivity contribution in [2.45, 2.75) is 32.1 Å². The van der Waals surface area contributed by atoms with Crippen LogP contribution in [0, 0.1) is 6.92 Å². The Kier molecular flexibility index (Phi) is 4.39. The molecular weight excluding hydrogens is 262 g/mol. The van der Waals surface area contributed by atoms with Crippen LogP contribution in [0.25, 0.3) is 0 Å². The fraction of sp³-hybridized carbons (Fsp3) is 0.500. The summed E-state index contributed by atoms with van der Waals surface area (Å²) in [7, 11) is 0. The van der Waals surface area contributed by atoms with Gasteiger partial charge in [-0.1, -0.05) is 35.9 Å². The van der Waals surface area contributed by atoms with Gasteiger partial charge in [0.05, 0.1) is 13.2 Å². The van der Waals surface area contributed by atoms with E-state index in [2.05, 4.69) is 31.2 Å². The van der Waals surface area contributed by atoms with Crippen molar-refractivity contribution in [3.8, 4) is 0 Å². The Morgan fingerprint density at radius 1 is 1.19 bits per heavy atom. The second kappa shape index (κ2) is 6.44. The highest BCUT2D eigenvalue weighted by Crippen LogP contribution is 2.28. The van der Waals surface area contributed by atoms with Crippen molar-refractivity contribution in [1.82, 2.24) is 4.90 Å². The average molecular weight is 285 g/mol. The van der Waals surface area contributed by atoms with E-state index in [0.717, 1.165) is 44.5 Å². The maximum Gasteiger partial charge on any atom is 0.251 e. The van der Waals surface area contributed by atoms with Crippen molar-refractivity contribution >= 4 is 5.91 Å². The molecule has 2 heterocycles. The van der Waals surface area contributed by atoms with Crippen LogP contribution in [0.2, 0.25) is 0 Å². The summed E-state index contributed by atoms with van der Waals surface area (Å²) in [5.41, 5.74) is 3.55. The summed E-state index contributed by atoms with van der Waals surface area (Å²) in [5.74, 6) is 0.767. The maximum atomic E-state index is 12.4. The largest absolute Gasteiger partial charge is 0.376 e. The molecule has 1 aromatic rings. The highest BCUT2D eigenvalue weighted by molar-refractivity contribution is 5.93. The number of piperidine rings is 1. The number of carbonyl (C=O) groups is 1. The molecule has 0 unspecified atom stereocenters. The Hall–Kier alpha value is -1.61. The van der Waals surface area contributed by atoms with Gasteiger partial charge in [0.15, 0.2) is 0 Å². The summed E-state index contributed by atoms with van der Waals surface area (Å²) < 4.78 is 5.38. The minimum absolute atomic E-state index is 0.178. The standard InChI is InChI=1S/C18H23NO2/c1-14-4-6-15(7-5-14)16-8-10-19(11-9-16)18(20)17-3-2-12-21-13-17/h3-7,16H,2,8-13H2,1H3. The van der Waals surface area contributed by atoms with Gasteiger partial charge in [0.25, 0.3) is 5.91 Å². The second-order valence-electron chi connectivity index (χ2n) is 6.05. The predicted molar refractivity (Wildman–Crippen MR) is 83.3 cm³/mol. The Morgan fingerprint density at radius 2 is 1.90 bits per heavy atom. The summed E-state index contributed by atoms with van der Waals surface area (Å²) in [4.78, 5) is 14.4. The van der Waals surface area contributed by atoms with Crippen molar-refractivity contribution in [2.24, 2.45) is 0 Å². The first kappa shape index (κ1) is 14.3. The van der Waals surface area contributed by atoms with Gasteiger partial charge in [0, 0.05) is 18.7 Å². The summed E-state index contributed by atoms with van der Waals surface area (Å²) in [6.45, 7) is 5.05. The predicted octanol–water partition coefficient (Wildman–Crippen LogP) is 3.05. The summed E-state index contributed by atoms with van der Waals surface area (Å²) in [5, 5.41) is 0. The average Bonchev–Trinajstić information content (AvgIpc) is 2.56. The third-order valence-electron chi connectivity index (χ3n) is 4.52. The van der Waals surface area contributed by atoms with E-state index in [1.807, 2.05) is 11.0 Å². The van der Waals surface area contributed by atoms with Crippen LogP contribution in [0.15, 0.2) is 35.9 Å². The van der Waals surface area contributed by atoms with Crippen LogP contribution < -0.4 is 0 Å². The molecule has 3 rings (SSSR count). The second-order valence-corrected chi connectivity index (χ2v) is 6.05. The van der Waals surface area contributed by atoms with E-state index in [1.54, 1.807) is 0 Å². The first-order valence-electron chi connectivity index (χ1n) is 7.86. The van der Waals surface area contributed by atoms with Crippen molar-refractivity contribution in [2.75, 3.05) is 26.3 Å². The lowest BCUT2D eigenvalue weighted by molar-refractivity contribution is -0.129. The zero-order valence-corrected chi connectivity index (χ0v) is 12.7. The minimum Gasteiger partial charge on any atom is -0.376 e. The fourth-order valence-corrected chi connectivity index (χ4v) is 3.16. The van der Waals surface area contributed by atoms with E-state index in [-0.39, 0.29) is 5.91 Å². The summed E-state index contributed by atoms with van der Waals surface area (Å²) >= 11 is 0. The van der Waals surface area contributed by atoms with Crippen molar-refractivity contribution in [3.05, 3.63) is 47.0 Å². The molecule has 0 aliphatic carbocycles. The van der Waals surface area contributed by atoms with Crippen LogP contribution in [0.1, 0.15) is 36.3 Å². The van der Waals surface area contributed by atoms with Gasteiger partial charge in [-0.15, -0.1) is 0 Å². The van der Waals surface area contributed by atoms with Crippen LogP contribution in [-0.2, 0) is 9.53 Å². The van der Waals surface area contributed by atoms with E-state index in [1.165, 1.54) is 11.1 Å². The monoisotopic (exact) mass is 285 g/mol. The minimum atomic E-state index is 0.178. The molecule has 1 aromatic carbocycles. The molecule has 21 heavy (non-hydrogen) atoms. The molecule has 0 spiro atoms. The molecule has 3 heteroatoms. The molecule has 0 saturated carbocycles.